The third-order valence-corrected chi connectivity index (χ3v) is 3.68. The van der Waals surface area contributed by atoms with E-state index in [9.17, 15) is 10.1 Å². The SMILES string of the molecule is COc1ccc(NC2=C(C#N)C(=O)CC(C)(C)C2)c(OC)c1. The van der Waals surface area contributed by atoms with E-state index in [1.165, 1.54) is 0 Å². The fraction of sp³-hybridized carbons (Fsp3) is 0.412. The molecule has 0 amide bonds. The Morgan fingerprint density at radius 1 is 1.23 bits per heavy atom. The predicted molar refractivity (Wildman–Crippen MR) is 83.8 cm³/mol. The molecular formula is C17H20N2O3. The first kappa shape index (κ1) is 15.9. The first-order chi connectivity index (χ1) is 10.4. The maximum atomic E-state index is 12.1. The molecule has 0 unspecified atom stereocenters. The highest BCUT2D eigenvalue weighted by Crippen LogP contribution is 2.38. The monoisotopic (exact) mass is 300 g/mol. The Morgan fingerprint density at radius 3 is 2.55 bits per heavy atom. The van der Waals surface area contributed by atoms with Crippen molar-refractivity contribution >= 4 is 11.5 Å². The van der Waals surface area contributed by atoms with Crippen molar-refractivity contribution < 1.29 is 14.3 Å². The lowest BCUT2D eigenvalue weighted by Gasteiger charge is -2.31. The quantitative estimate of drug-likeness (QED) is 0.924. The Morgan fingerprint density at radius 2 is 1.95 bits per heavy atom. The number of Topliss-reactive ketones (excluding diaryl/α,β-unsaturated/α-hetero) is 1. The van der Waals surface area contributed by atoms with Crippen LogP contribution in [0.4, 0.5) is 5.69 Å². The number of carbonyl (C=O) groups is 1. The first-order valence-electron chi connectivity index (χ1n) is 7.05. The summed E-state index contributed by atoms with van der Waals surface area (Å²) in [6.07, 6.45) is 1.03. The summed E-state index contributed by atoms with van der Waals surface area (Å²) < 4.78 is 10.5. The molecule has 0 fully saturated rings. The van der Waals surface area contributed by atoms with Crippen molar-refractivity contribution in [1.82, 2.24) is 0 Å². The number of ketones is 1. The fourth-order valence-electron chi connectivity index (χ4n) is 2.62. The molecule has 22 heavy (non-hydrogen) atoms. The van der Waals surface area contributed by atoms with Gasteiger partial charge in [-0.15, -0.1) is 0 Å². The molecule has 1 aromatic rings. The predicted octanol–water partition coefficient (Wildman–Crippen LogP) is 3.28. The van der Waals surface area contributed by atoms with E-state index in [2.05, 4.69) is 5.32 Å². The van der Waals surface area contributed by atoms with E-state index in [-0.39, 0.29) is 16.8 Å². The Bertz CT molecular complexity index is 669. The molecular weight excluding hydrogens is 280 g/mol. The number of nitrogens with one attached hydrogen (secondary N) is 1. The summed E-state index contributed by atoms with van der Waals surface area (Å²) in [5.41, 5.74) is 1.39. The largest absolute Gasteiger partial charge is 0.497 e. The molecule has 5 nitrogen and oxygen atoms in total. The Balaban J connectivity index is 2.40. The number of methoxy groups -OCH3 is 2. The van der Waals surface area contributed by atoms with Gasteiger partial charge in [0.25, 0.3) is 0 Å². The van der Waals surface area contributed by atoms with Gasteiger partial charge >= 0.3 is 0 Å². The zero-order valence-corrected chi connectivity index (χ0v) is 13.3. The van der Waals surface area contributed by atoms with Crippen molar-refractivity contribution in [2.45, 2.75) is 26.7 Å². The number of allylic oxidation sites excluding steroid dienone is 2. The minimum atomic E-state index is -0.167. The van der Waals surface area contributed by atoms with Gasteiger partial charge in [-0.05, 0) is 24.0 Å². The molecule has 0 aromatic heterocycles. The van der Waals surface area contributed by atoms with Crippen LogP contribution in [0.5, 0.6) is 11.5 Å². The highest BCUT2D eigenvalue weighted by Gasteiger charge is 2.33. The highest BCUT2D eigenvalue weighted by molar-refractivity contribution is 6.01. The van der Waals surface area contributed by atoms with Gasteiger partial charge in [0.15, 0.2) is 5.78 Å². The number of nitrogens with zero attached hydrogens (tertiary/aromatic N) is 1. The van der Waals surface area contributed by atoms with E-state index >= 15 is 0 Å². The second-order valence-corrected chi connectivity index (χ2v) is 6.10. The lowest BCUT2D eigenvalue weighted by Crippen LogP contribution is -2.28. The summed E-state index contributed by atoms with van der Waals surface area (Å²) >= 11 is 0. The topological polar surface area (TPSA) is 71.3 Å². The Labute approximate surface area is 130 Å². The number of benzene rings is 1. The normalized spacial score (nSPS) is 17.0. The van der Waals surface area contributed by atoms with E-state index in [0.717, 1.165) is 0 Å². The van der Waals surface area contributed by atoms with Crippen molar-refractivity contribution in [3.05, 3.63) is 29.5 Å². The third-order valence-electron chi connectivity index (χ3n) is 3.68. The molecule has 0 saturated carbocycles. The minimum absolute atomic E-state index is 0.117. The van der Waals surface area contributed by atoms with Crippen molar-refractivity contribution in [2.24, 2.45) is 5.41 Å². The van der Waals surface area contributed by atoms with Crippen LogP contribution in [-0.2, 0) is 4.79 Å². The van der Waals surface area contributed by atoms with Crippen molar-refractivity contribution in [2.75, 3.05) is 19.5 Å². The maximum Gasteiger partial charge on any atom is 0.175 e. The molecule has 1 aliphatic rings. The maximum absolute atomic E-state index is 12.1. The Kier molecular flexibility index (Phi) is 4.41. The average Bonchev–Trinajstić information content (AvgIpc) is 2.46. The van der Waals surface area contributed by atoms with Gasteiger partial charge in [0, 0.05) is 18.2 Å². The number of hydrogen-bond acceptors (Lipinski definition) is 5. The molecule has 0 aliphatic heterocycles. The average molecular weight is 300 g/mol. The molecule has 1 aliphatic carbocycles. The number of carbonyl (C=O) groups excluding carboxylic acids is 1. The molecule has 1 aromatic carbocycles. The van der Waals surface area contributed by atoms with Crippen molar-refractivity contribution in [3.63, 3.8) is 0 Å². The van der Waals surface area contributed by atoms with Crippen LogP contribution in [0.25, 0.3) is 0 Å². The molecule has 0 radical (unpaired) electrons. The number of anilines is 1. The molecule has 0 spiro atoms. The number of rotatable bonds is 4. The summed E-state index contributed by atoms with van der Waals surface area (Å²) in [5, 5.41) is 12.5. The van der Waals surface area contributed by atoms with Gasteiger partial charge in [0.05, 0.1) is 19.9 Å². The molecule has 5 heteroatoms. The zero-order valence-electron chi connectivity index (χ0n) is 13.3. The van der Waals surface area contributed by atoms with Crippen molar-refractivity contribution in [1.29, 1.82) is 5.26 Å². The Hall–Kier alpha value is -2.48. The lowest BCUT2D eigenvalue weighted by atomic mass is 9.76. The van der Waals surface area contributed by atoms with Crippen LogP contribution >= 0.6 is 0 Å². The second kappa shape index (κ2) is 6.10. The third kappa shape index (κ3) is 3.22. The molecule has 116 valence electrons. The summed E-state index contributed by atoms with van der Waals surface area (Å²) in [4.78, 5) is 12.1. The van der Waals surface area contributed by atoms with E-state index < -0.39 is 0 Å². The number of hydrogen-bond donors (Lipinski definition) is 1. The van der Waals surface area contributed by atoms with Crippen molar-refractivity contribution in [3.8, 4) is 17.6 Å². The lowest BCUT2D eigenvalue weighted by molar-refractivity contribution is -0.117. The molecule has 1 N–H and O–H groups in total. The van der Waals surface area contributed by atoms with Gasteiger partial charge in [0.2, 0.25) is 0 Å². The van der Waals surface area contributed by atoms with E-state index in [1.54, 1.807) is 26.4 Å². The molecule has 0 bridgehead atoms. The number of nitriles is 1. The standard InChI is InChI=1S/C17H20N2O3/c1-17(2)8-14(12(10-18)15(20)9-17)19-13-6-5-11(21-3)7-16(13)22-4/h5-7,19H,8-9H2,1-4H3. The van der Waals surface area contributed by atoms with E-state index in [1.807, 2.05) is 26.0 Å². The molecule has 0 atom stereocenters. The minimum Gasteiger partial charge on any atom is -0.497 e. The van der Waals surface area contributed by atoms with Gasteiger partial charge < -0.3 is 14.8 Å². The summed E-state index contributed by atoms with van der Waals surface area (Å²) in [7, 11) is 3.15. The van der Waals surface area contributed by atoms with Gasteiger partial charge in [-0.2, -0.15) is 5.26 Å². The smallest absolute Gasteiger partial charge is 0.175 e. The summed E-state index contributed by atoms with van der Waals surface area (Å²) in [5.74, 6) is 1.16. The molecule has 0 saturated heterocycles. The van der Waals surface area contributed by atoms with Crippen LogP contribution in [0.3, 0.4) is 0 Å². The van der Waals surface area contributed by atoms with E-state index in [4.69, 9.17) is 9.47 Å². The summed E-state index contributed by atoms with van der Waals surface area (Å²) in [6.45, 7) is 4.04. The van der Waals surface area contributed by atoms with Crippen LogP contribution in [0.2, 0.25) is 0 Å². The van der Waals surface area contributed by atoms with Crippen LogP contribution < -0.4 is 14.8 Å². The summed E-state index contributed by atoms with van der Waals surface area (Å²) in [6, 6.07) is 7.39. The van der Waals surface area contributed by atoms with Crippen LogP contribution in [0, 0.1) is 16.7 Å². The fourth-order valence-corrected chi connectivity index (χ4v) is 2.62. The van der Waals surface area contributed by atoms with Gasteiger partial charge in [-0.3, -0.25) is 4.79 Å². The van der Waals surface area contributed by atoms with Crippen LogP contribution in [-0.4, -0.2) is 20.0 Å². The van der Waals surface area contributed by atoms with Crippen LogP contribution in [0.1, 0.15) is 26.7 Å². The van der Waals surface area contributed by atoms with Gasteiger partial charge in [-0.25, -0.2) is 0 Å². The molecule has 2 rings (SSSR count). The second-order valence-electron chi connectivity index (χ2n) is 6.10. The van der Waals surface area contributed by atoms with Crippen LogP contribution in [0.15, 0.2) is 29.5 Å². The van der Waals surface area contributed by atoms with Gasteiger partial charge in [-0.1, -0.05) is 13.8 Å². The highest BCUT2D eigenvalue weighted by atomic mass is 16.5. The van der Waals surface area contributed by atoms with Gasteiger partial charge in [0.1, 0.15) is 23.1 Å². The number of ether oxygens (including phenoxy) is 2. The molecule has 0 heterocycles. The first-order valence-corrected chi connectivity index (χ1v) is 7.05. The van der Waals surface area contributed by atoms with E-state index in [0.29, 0.717) is 35.7 Å². The zero-order chi connectivity index (χ0) is 16.3.